The van der Waals surface area contributed by atoms with Crippen LogP contribution < -0.4 is 11.1 Å². The van der Waals surface area contributed by atoms with Gasteiger partial charge in [-0.1, -0.05) is 18.2 Å². The average molecular weight is 376 g/mol. The number of hydrogen-bond acceptors (Lipinski definition) is 6. The maximum atomic E-state index is 12.1. The Balaban J connectivity index is 0.00000264. The second kappa shape index (κ2) is 8.97. The number of benzene rings is 1. The van der Waals surface area contributed by atoms with Crippen LogP contribution in [0.5, 0.6) is 0 Å². The number of sulfone groups is 1. The molecule has 0 spiro atoms. The molecule has 0 bridgehead atoms. The number of thiazole rings is 1. The number of hydrogen-bond donors (Lipinski definition) is 2. The third-order valence-electron chi connectivity index (χ3n) is 2.94. The number of rotatable bonds is 7. The van der Waals surface area contributed by atoms with E-state index in [1.54, 1.807) is 35.7 Å². The highest BCUT2D eigenvalue weighted by Crippen LogP contribution is 2.11. The summed E-state index contributed by atoms with van der Waals surface area (Å²) in [5.41, 5.74) is 5.75. The highest BCUT2D eigenvalue weighted by Gasteiger charge is 2.14. The fourth-order valence-corrected chi connectivity index (χ4v) is 3.80. The van der Waals surface area contributed by atoms with Crippen LogP contribution in [0.1, 0.15) is 21.9 Å². The largest absolute Gasteiger partial charge is 0.351 e. The van der Waals surface area contributed by atoms with Gasteiger partial charge in [0, 0.05) is 18.5 Å². The molecular weight excluding hydrogens is 358 g/mol. The van der Waals surface area contributed by atoms with Gasteiger partial charge in [-0.3, -0.25) is 4.79 Å². The summed E-state index contributed by atoms with van der Waals surface area (Å²) in [6, 6.07) is 8.27. The standard InChI is InChI=1S/C14H17N3O3S2.ClH/c15-9-13-17-12(10-21-13)14(18)16-7-4-8-22(19,20)11-5-2-1-3-6-11;/h1-3,5-6,10H,4,7-9,15H2,(H,16,18);1H. The van der Waals surface area contributed by atoms with E-state index in [1.165, 1.54) is 11.3 Å². The number of nitrogens with zero attached hydrogens (tertiary/aromatic N) is 1. The fraction of sp³-hybridized carbons (Fsp3) is 0.286. The Morgan fingerprint density at radius 2 is 1.96 bits per heavy atom. The van der Waals surface area contributed by atoms with Gasteiger partial charge < -0.3 is 11.1 Å². The van der Waals surface area contributed by atoms with Crippen molar-refractivity contribution < 1.29 is 13.2 Å². The molecule has 1 amide bonds. The monoisotopic (exact) mass is 375 g/mol. The first-order valence-electron chi connectivity index (χ1n) is 6.73. The molecule has 126 valence electrons. The van der Waals surface area contributed by atoms with Crippen molar-refractivity contribution in [3.05, 3.63) is 46.4 Å². The van der Waals surface area contributed by atoms with Crippen molar-refractivity contribution in [3.8, 4) is 0 Å². The van der Waals surface area contributed by atoms with Crippen LogP contribution in [0.3, 0.4) is 0 Å². The van der Waals surface area contributed by atoms with Gasteiger partial charge in [0.1, 0.15) is 10.7 Å². The van der Waals surface area contributed by atoms with Crippen LogP contribution in [0.4, 0.5) is 0 Å². The smallest absolute Gasteiger partial charge is 0.270 e. The van der Waals surface area contributed by atoms with E-state index in [-0.39, 0.29) is 30.6 Å². The molecule has 0 atom stereocenters. The topological polar surface area (TPSA) is 102 Å². The summed E-state index contributed by atoms with van der Waals surface area (Å²) in [6.45, 7) is 0.577. The van der Waals surface area contributed by atoms with Crippen LogP contribution in [0, 0.1) is 0 Å². The molecule has 2 rings (SSSR count). The van der Waals surface area contributed by atoms with Gasteiger partial charge in [-0.2, -0.15) is 0 Å². The number of carbonyl (C=O) groups excluding carboxylic acids is 1. The molecule has 1 heterocycles. The summed E-state index contributed by atoms with van der Waals surface area (Å²) >= 11 is 1.33. The Labute approximate surface area is 145 Å². The molecular formula is C14H18ClN3O3S2. The lowest BCUT2D eigenvalue weighted by molar-refractivity contribution is 0.0949. The fourth-order valence-electron chi connectivity index (χ4n) is 1.81. The lowest BCUT2D eigenvalue weighted by Gasteiger charge is -2.05. The van der Waals surface area contributed by atoms with Crippen LogP contribution >= 0.6 is 23.7 Å². The molecule has 0 radical (unpaired) electrons. The van der Waals surface area contributed by atoms with Crippen molar-refractivity contribution in [3.63, 3.8) is 0 Å². The molecule has 2 aromatic rings. The Hall–Kier alpha value is -1.48. The summed E-state index contributed by atoms with van der Waals surface area (Å²) < 4.78 is 24.1. The number of amides is 1. The van der Waals surface area contributed by atoms with Crippen molar-refractivity contribution in [1.29, 1.82) is 0 Å². The van der Waals surface area contributed by atoms with Crippen molar-refractivity contribution in [2.24, 2.45) is 5.73 Å². The molecule has 6 nitrogen and oxygen atoms in total. The van der Waals surface area contributed by atoms with E-state index in [1.807, 2.05) is 0 Å². The summed E-state index contributed by atoms with van der Waals surface area (Å²) in [6.07, 6.45) is 0.344. The molecule has 9 heteroatoms. The van der Waals surface area contributed by atoms with Crippen LogP contribution in [-0.4, -0.2) is 31.6 Å². The molecule has 23 heavy (non-hydrogen) atoms. The first kappa shape index (κ1) is 19.6. The predicted molar refractivity (Wildman–Crippen MR) is 92.7 cm³/mol. The van der Waals surface area contributed by atoms with Gasteiger partial charge in [0.25, 0.3) is 5.91 Å². The highest BCUT2D eigenvalue weighted by molar-refractivity contribution is 7.91. The zero-order chi connectivity index (χ0) is 16.0. The molecule has 0 aliphatic heterocycles. The van der Waals surface area contributed by atoms with Gasteiger partial charge in [0.15, 0.2) is 9.84 Å². The molecule has 1 aromatic carbocycles. The molecule has 3 N–H and O–H groups in total. The van der Waals surface area contributed by atoms with Crippen molar-refractivity contribution in [2.45, 2.75) is 17.9 Å². The van der Waals surface area contributed by atoms with E-state index >= 15 is 0 Å². The zero-order valence-electron chi connectivity index (χ0n) is 12.3. The second-order valence-corrected chi connectivity index (χ2v) is 7.62. The van der Waals surface area contributed by atoms with Crippen LogP contribution in [-0.2, 0) is 16.4 Å². The average Bonchev–Trinajstić information content (AvgIpc) is 3.01. The maximum Gasteiger partial charge on any atom is 0.270 e. The molecule has 0 unspecified atom stereocenters. The van der Waals surface area contributed by atoms with Crippen LogP contribution in [0.25, 0.3) is 0 Å². The first-order valence-corrected chi connectivity index (χ1v) is 9.26. The van der Waals surface area contributed by atoms with Gasteiger partial charge >= 0.3 is 0 Å². The SMILES string of the molecule is Cl.NCc1nc(C(=O)NCCCS(=O)(=O)c2ccccc2)cs1. The van der Waals surface area contributed by atoms with Gasteiger partial charge in [-0.05, 0) is 18.6 Å². The Morgan fingerprint density at radius 1 is 1.26 bits per heavy atom. The maximum absolute atomic E-state index is 12.1. The molecule has 0 saturated heterocycles. The minimum absolute atomic E-state index is 0. The number of carbonyl (C=O) groups is 1. The van der Waals surface area contributed by atoms with Crippen LogP contribution in [0.15, 0.2) is 40.6 Å². The quantitative estimate of drug-likeness (QED) is 0.716. The minimum Gasteiger partial charge on any atom is -0.351 e. The molecule has 1 aromatic heterocycles. The predicted octanol–water partition coefficient (Wildman–Crippen LogP) is 1.62. The Kier molecular flexibility index (Phi) is 7.63. The molecule has 0 aliphatic carbocycles. The summed E-state index contributed by atoms with van der Waals surface area (Å²) in [4.78, 5) is 16.2. The third kappa shape index (κ3) is 5.58. The first-order chi connectivity index (χ1) is 10.5. The highest BCUT2D eigenvalue weighted by atomic mass is 35.5. The summed E-state index contributed by atoms with van der Waals surface area (Å²) in [7, 11) is -3.30. The van der Waals surface area contributed by atoms with E-state index < -0.39 is 9.84 Å². The molecule has 0 fully saturated rings. The minimum atomic E-state index is -3.30. The number of halogens is 1. The lowest BCUT2D eigenvalue weighted by Crippen LogP contribution is -2.26. The third-order valence-corrected chi connectivity index (χ3v) is 5.62. The summed E-state index contributed by atoms with van der Waals surface area (Å²) in [5.74, 6) is -0.323. The van der Waals surface area contributed by atoms with Crippen LogP contribution in [0.2, 0.25) is 0 Å². The Morgan fingerprint density at radius 3 is 2.57 bits per heavy atom. The van der Waals surface area contributed by atoms with Gasteiger partial charge in [0.05, 0.1) is 10.6 Å². The van der Waals surface area contributed by atoms with Crippen molar-refractivity contribution >= 4 is 39.5 Å². The molecule has 0 aliphatic rings. The van der Waals surface area contributed by atoms with E-state index in [9.17, 15) is 13.2 Å². The van der Waals surface area contributed by atoms with Gasteiger partial charge in [0.2, 0.25) is 0 Å². The second-order valence-electron chi connectivity index (χ2n) is 4.57. The number of nitrogens with one attached hydrogen (secondary N) is 1. The number of nitrogens with two attached hydrogens (primary N) is 1. The van der Waals surface area contributed by atoms with E-state index in [2.05, 4.69) is 10.3 Å². The number of aromatic nitrogens is 1. The summed E-state index contributed by atoms with van der Waals surface area (Å²) in [5, 5.41) is 4.99. The zero-order valence-corrected chi connectivity index (χ0v) is 14.7. The Bertz CT molecular complexity index is 733. The normalized spacial score (nSPS) is 10.8. The van der Waals surface area contributed by atoms with E-state index in [0.29, 0.717) is 28.6 Å². The molecule has 0 saturated carbocycles. The van der Waals surface area contributed by atoms with Crippen molar-refractivity contribution in [2.75, 3.05) is 12.3 Å². The van der Waals surface area contributed by atoms with Gasteiger partial charge in [-0.25, -0.2) is 13.4 Å². The van der Waals surface area contributed by atoms with E-state index in [0.717, 1.165) is 0 Å². The van der Waals surface area contributed by atoms with Gasteiger partial charge in [-0.15, -0.1) is 23.7 Å². The van der Waals surface area contributed by atoms with Crippen molar-refractivity contribution in [1.82, 2.24) is 10.3 Å². The van der Waals surface area contributed by atoms with E-state index in [4.69, 9.17) is 5.73 Å². The lowest BCUT2D eigenvalue weighted by atomic mass is 10.4.